The molecule has 1 fully saturated rings. The first kappa shape index (κ1) is 22.9. The summed E-state index contributed by atoms with van der Waals surface area (Å²) in [6.45, 7) is 10.3. The molecule has 1 amide bonds. The lowest BCUT2D eigenvalue weighted by Gasteiger charge is -2.34. The van der Waals surface area contributed by atoms with E-state index in [9.17, 15) is 18.0 Å². The van der Waals surface area contributed by atoms with Crippen LogP contribution in [0.3, 0.4) is 0 Å². The van der Waals surface area contributed by atoms with E-state index >= 15 is 0 Å². The zero-order valence-corrected chi connectivity index (χ0v) is 19.8. The number of carbonyl (C=O) groups is 1. The molecule has 1 aliphatic rings. The van der Waals surface area contributed by atoms with Crippen molar-refractivity contribution < 1.29 is 13.2 Å². The van der Waals surface area contributed by atoms with Gasteiger partial charge in [-0.2, -0.15) is 4.31 Å². The number of carbonyl (C=O) groups excluding carboxylic acids is 1. The van der Waals surface area contributed by atoms with Gasteiger partial charge in [-0.15, -0.1) is 11.3 Å². The Morgan fingerprint density at radius 1 is 1.33 bits per heavy atom. The van der Waals surface area contributed by atoms with Crippen molar-refractivity contribution in [3.63, 3.8) is 0 Å². The van der Waals surface area contributed by atoms with Crippen LogP contribution in [0.25, 0.3) is 10.2 Å². The highest BCUT2D eigenvalue weighted by Crippen LogP contribution is 2.35. The van der Waals surface area contributed by atoms with E-state index in [1.54, 1.807) is 6.92 Å². The molecule has 0 bridgehead atoms. The van der Waals surface area contributed by atoms with Crippen molar-refractivity contribution in [1.82, 2.24) is 19.2 Å². The Balaban J connectivity index is 2.04. The second-order valence-corrected chi connectivity index (χ2v) is 11.6. The standard InChI is InChI=1S/C20H30N4O4S2/c1-6-14(4)22-16(25)10-23-11-21-19-17(20(23)26)18(15(5)29-19)30(27,28)24-8-12(2)7-13(3)9-24/h11-14H,6-10H2,1-5H3,(H,22,25)/t12-,13+,14-/m1/s1. The molecule has 3 rings (SSSR count). The second kappa shape index (κ2) is 8.76. The summed E-state index contributed by atoms with van der Waals surface area (Å²) < 4.78 is 29.7. The van der Waals surface area contributed by atoms with Gasteiger partial charge in [-0.25, -0.2) is 13.4 Å². The highest BCUT2D eigenvalue weighted by atomic mass is 32.2. The van der Waals surface area contributed by atoms with Gasteiger partial charge in [0.25, 0.3) is 5.56 Å². The number of fused-ring (bicyclic) bond motifs is 1. The smallest absolute Gasteiger partial charge is 0.263 e. The summed E-state index contributed by atoms with van der Waals surface area (Å²) in [6.07, 6.45) is 3.07. The number of hydrogen-bond donors (Lipinski definition) is 1. The third-order valence-corrected chi connectivity index (χ3v) is 8.71. The molecule has 2 aromatic rings. The van der Waals surface area contributed by atoms with Gasteiger partial charge in [0.2, 0.25) is 15.9 Å². The summed E-state index contributed by atoms with van der Waals surface area (Å²) in [4.78, 5) is 30.7. The molecule has 10 heteroatoms. The summed E-state index contributed by atoms with van der Waals surface area (Å²) in [7, 11) is -3.84. The average Bonchev–Trinajstić information content (AvgIpc) is 3.00. The number of hydrogen-bond acceptors (Lipinski definition) is 6. The highest BCUT2D eigenvalue weighted by Gasteiger charge is 2.35. The van der Waals surface area contributed by atoms with Crippen molar-refractivity contribution in [2.45, 2.75) is 64.9 Å². The lowest BCUT2D eigenvalue weighted by atomic mass is 9.94. The van der Waals surface area contributed by atoms with Crippen LogP contribution >= 0.6 is 11.3 Å². The number of nitrogens with one attached hydrogen (secondary N) is 1. The molecule has 0 aliphatic carbocycles. The summed E-state index contributed by atoms with van der Waals surface area (Å²) >= 11 is 1.20. The maximum absolute atomic E-state index is 13.5. The maximum Gasteiger partial charge on any atom is 0.263 e. The predicted molar refractivity (Wildman–Crippen MR) is 118 cm³/mol. The Morgan fingerprint density at radius 3 is 2.57 bits per heavy atom. The fourth-order valence-corrected chi connectivity index (χ4v) is 7.39. The third-order valence-electron chi connectivity index (χ3n) is 5.57. The Kier molecular flexibility index (Phi) is 6.69. The van der Waals surface area contributed by atoms with Crippen LogP contribution in [0.2, 0.25) is 0 Å². The number of aryl methyl sites for hydroxylation is 1. The third kappa shape index (κ3) is 4.45. The van der Waals surface area contributed by atoms with Crippen LogP contribution in [0.5, 0.6) is 0 Å². The summed E-state index contributed by atoms with van der Waals surface area (Å²) in [5.74, 6) is 0.211. The molecule has 30 heavy (non-hydrogen) atoms. The fraction of sp³-hybridized carbons (Fsp3) is 0.650. The average molecular weight is 455 g/mol. The van der Waals surface area contributed by atoms with E-state index in [2.05, 4.69) is 10.3 Å². The van der Waals surface area contributed by atoms with E-state index in [1.807, 2.05) is 27.7 Å². The lowest BCUT2D eigenvalue weighted by molar-refractivity contribution is -0.122. The molecule has 1 saturated heterocycles. The quantitative estimate of drug-likeness (QED) is 0.722. The second-order valence-electron chi connectivity index (χ2n) is 8.49. The van der Waals surface area contributed by atoms with Crippen LogP contribution in [-0.2, 0) is 21.4 Å². The molecular formula is C20H30N4O4S2. The van der Waals surface area contributed by atoms with Crippen molar-refractivity contribution >= 4 is 37.5 Å². The zero-order chi connectivity index (χ0) is 22.2. The monoisotopic (exact) mass is 454 g/mol. The molecule has 0 saturated carbocycles. The molecule has 3 atom stereocenters. The van der Waals surface area contributed by atoms with Crippen molar-refractivity contribution in [2.24, 2.45) is 11.8 Å². The Morgan fingerprint density at radius 2 is 1.97 bits per heavy atom. The van der Waals surface area contributed by atoms with Gasteiger partial charge in [0.05, 0.1) is 11.7 Å². The molecule has 0 aromatic carbocycles. The van der Waals surface area contributed by atoms with Gasteiger partial charge in [-0.3, -0.25) is 14.2 Å². The Hall–Kier alpha value is -1.78. The molecule has 1 N–H and O–H groups in total. The van der Waals surface area contributed by atoms with E-state index in [1.165, 1.54) is 26.5 Å². The zero-order valence-electron chi connectivity index (χ0n) is 18.1. The molecule has 2 aromatic heterocycles. The van der Waals surface area contributed by atoms with Gasteiger partial charge in [-0.05, 0) is 38.5 Å². The van der Waals surface area contributed by atoms with Crippen LogP contribution in [0.15, 0.2) is 16.0 Å². The van der Waals surface area contributed by atoms with E-state index in [-0.39, 0.29) is 40.6 Å². The van der Waals surface area contributed by atoms with E-state index in [0.717, 1.165) is 12.8 Å². The van der Waals surface area contributed by atoms with Crippen molar-refractivity contribution in [3.05, 3.63) is 21.6 Å². The maximum atomic E-state index is 13.5. The summed E-state index contributed by atoms with van der Waals surface area (Å²) in [5, 5.41) is 2.90. The number of amides is 1. The van der Waals surface area contributed by atoms with Crippen LogP contribution in [0.4, 0.5) is 0 Å². The van der Waals surface area contributed by atoms with Gasteiger partial charge in [0.15, 0.2) is 0 Å². The molecular weight excluding hydrogens is 424 g/mol. The molecule has 166 valence electrons. The number of sulfonamides is 1. The Labute approximate surface area is 181 Å². The van der Waals surface area contributed by atoms with Crippen LogP contribution in [-0.4, -0.2) is 47.3 Å². The normalized spacial score (nSPS) is 21.6. The first-order valence-electron chi connectivity index (χ1n) is 10.3. The minimum absolute atomic E-state index is 0.00713. The summed E-state index contributed by atoms with van der Waals surface area (Å²) in [5.41, 5.74) is -0.500. The minimum Gasteiger partial charge on any atom is -0.352 e. The Bertz CT molecular complexity index is 1100. The van der Waals surface area contributed by atoms with Crippen LogP contribution in [0.1, 0.15) is 45.4 Å². The SMILES string of the molecule is CC[C@@H](C)NC(=O)Cn1cnc2sc(C)c(S(=O)(=O)N3C[C@H](C)C[C@H](C)C3)c2c1=O. The first-order chi connectivity index (χ1) is 14.0. The van der Waals surface area contributed by atoms with Crippen molar-refractivity contribution in [3.8, 4) is 0 Å². The lowest BCUT2D eigenvalue weighted by Crippen LogP contribution is -2.43. The van der Waals surface area contributed by atoms with Gasteiger partial charge in [-0.1, -0.05) is 20.8 Å². The van der Waals surface area contributed by atoms with Gasteiger partial charge in [0.1, 0.15) is 16.3 Å². The number of piperidine rings is 1. The minimum atomic E-state index is -3.84. The van der Waals surface area contributed by atoms with Gasteiger partial charge in [0, 0.05) is 24.0 Å². The van der Waals surface area contributed by atoms with E-state index in [0.29, 0.717) is 22.8 Å². The van der Waals surface area contributed by atoms with Gasteiger partial charge < -0.3 is 5.32 Å². The number of aromatic nitrogens is 2. The number of rotatable bonds is 6. The number of thiophene rings is 1. The number of nitrogens with zero attached hydrogens (tertiary/aromatic N) is 3. The van der Waals surface area contributed by atoms with Gasteiger partial charge >= 0.3 is 0 Å². The van der Waals surface area contributed by atoms with Crippen LogP contribution < -0.4 is 10.9 Å². The fourth-order valence-electron chi connectivity index (χ4n) is 4.04. The highest BCUT2D eigenvalue weighted by molar-refractivity contribution is 7.89. The van der Waals surface area contributed by atoms with Crippen molar-refractivity contribution in [2.75, 3.05) is 13.1 Å². The molecule has 8 nitrogen and oxygen atoms in total. The molecule has 0 unspecified atom stereocenters. The van der Waals surface area contributed by atoms with Crippen molar-refractivity contribution in [1.29, 1.82) is 0 Å². The molecule has 0 radical (unpaired) electrons. The molecule has 3 heterocycles. The largest absolute Gasteiger partial charge is 0.352 e. The van der Waals surface area contributed by atoms with Crippen LogP contribution in [0, 0.1) is 18.8 Å². The predicted octanol–water partition coefficient (Wildman–Crippen LogP) is 2.35. The molecule has 1 aliphatic heterocycles. The molecule has 0 spiro atoms. The first-order valence-corrected chi connectivity index (χ1v) is 12.6. The summed E-state index contributed by atoms with van der Waals surface area (Å²) in [6, 6.07) is -0.00713. The topological polar surface area (TPSA) is 101 Å². The van der Waals surface area contributed by atoms with E-state index < -0.39 is 15.6 Å². The van der Waals surface area contributed by atoms with E-state index in [4.69, 9.17) is 0 Å².